The van der Waals surface area contributed by atoms with Gasteiger partial charge in [0.05, 0.1) is 12.2 Å². The molecule has 2 aromatic heterocycles. The molecule has 0 aliphatic rings. The van der Waals surface area contributed by atoms with Gasteiger partial charge in [-0.3, -0.25) is 9.78 Å². The molecule has 0 spiro atoms. The summed E-state index contributed by atoms with van der Waals surface area (Å²) in [6.45, 7) is 2.97. The fourth-order valence-electron chi connectivity index (χ4n) is 2.41. The third kappa shape index (κ3) is 4.57. The number of benzene rings is 1. The van der Waals surface area contributed by atoms with Gasteiger partial charge in [-0.1, -0.05) is 6.07 Å². The van der Waals surface area contributed by atoms with Crippen LogP contribution in [0.2, 0.25) is 0 Å². The van der Waals surface area contributed by atoms with Crippen molar-refractivity contribution >= 4 is 17.4 Å². The predicted octanol–water partition coefficient (Wildman–Crippen LogP) is 3.55. The van der Waals surface area contributed by atoms with E-state index in [9.17, 15) is 4.79 Å². The molecule has 0 saturated heterocycles. The molecular formula is C20H20N4O2. The van der Waals surface area contributed by atoms with Crippen molar-refractivity contribution in [3.8, 4) is 5.75 Å². The molecule has 2 N–H and O–H groups in total. The van der Waals surface area contributed by atoms with Crippen LogP contribution in [0, 0.1) is 0 Å². The fourth-order valence-corrected chi connectivity index (χ4v) is 2.41. The van der Waals surface area contributed by atoms with Gasteiger partial charge < -0.3 is 15.4 Å². The van der Waals surface area contributed by atoms with Gasteiger partial charge in [-0.25, -0.2) is 4.98 Å². The summed E-state index contributed by atoms with van der Waals surface area (Å²) in [7, 11) is 0. The number of nitrogens with one attached hydrogen (secondary N) is 2. The van der Waals surface area contributed by atoms with Crippen LogP contribution in [0.25, 0.3) is 0 Å². The lowest BCUT2D eigenvalue weighted by Gasteiger charge is -2.12. The minimum absolute atomic E-state index is 0.199. The Labute approximate surface area is 152 Å². The van der Waals surface area contributed by atoms with E-state index in [1.54, 1.807) is 30.7 Å². The van der Waals surface area contributed by atoms with Crippen molar-refractivity contribution in [3.63, 3.8) is 0 Å². The van der Waals surface area contributed by atoms with Gasteiger partial charge in [-0.15, -0.1) is 0 Å². The van der Waals surface area contributed by atoms with Crippen LogP contribution in [0.5, 0.6) is 5.75 Å². The number of hydrogen-bond donors (Lipinski definition) is 2. The second-order valence-electron chi connectivity index (χ2n) is 5.53. The first-order chi connectivity index (χ1) is 12.8. The van der Waals surface area contributed by atoms with Gasteiger partial charge in [0.15, 0.2) is 0 Å². The van der Waals surface area contributed by atoms with E-state index in [0.29, 0.717) is 24.5 Å². The third-order valence-corrected chi connectivity index (χ3v) is 3.66. The average molecular weight is 348 g/mol. The summed E-state index contributed by atoms with van der Waals surface area (Å²) in [6.07, 6.45) is 5.07. The molecule has 0 fully saturated rings. The first-order valence-electron chi connectivity index (χ1n) is 8.38. The van der Waals surface area contributed by atoms with E-state index < -0.39 is 0 Å². The number of aromatic nitrogens is 2. The Bertz CT molecular complexity index is 851. The molecule has 0 radical (unpaired) electrons. The molecule has 0 aliphatic carbocycles. The largest absolute Gasteiger partial charge is 0.494 e. The molecule has 3 rings (SSSR count). The molecule has 132 valence electrons. The zero-order valence-electron chi connectivity index (χ0n) is 14.5. The highest BCUT2D eigenvalue weighted by Gasteiger charge is 2.12. The summed E-state index contributed by atoms with van der Waals surface area (Å²) >= 11 is 0. The summed E-state index contributed by atoms with van der Waals surface area (Å²) in [5.41, 5.74) is 2.24. The Balaban J connectivity index is 1.70. The van der Waals surface area contributed by atoms with Gasteiger partial charge in [-0.2, -0.15) is 0 Å². The number of anilines is 2. The van der Waals surface area contributed by atoms with E-state index in [4.69, 9.17) is 4.74 Å². The van der Waals surface area contributed by atoms with Crippen LogP contribution in [-0.4, -0.2) is 22.5 Å². The molecule has 1 amide bonds. The van der Waals surface area contributed by atoms with Crippen LogP contribution in [0.3, 0.4) is 0 Å². The van der Waals surface area contributed by atoms with Crippen LogP contribution >= 0.6 is 0 Å². The third-order valence-electron chi connectivity index (χ3n) is 3.66. The molecule has 26 heavy (non-hydrogen) atoms. The van der Waals surface area contributed by atoms with E-state index in [1.165, 1.54) is 0 Å². The number of carbonyl (C=O) groups excluding carboxylic acids is 1. The van der Waals surface area contributed by atoms with Crippen molar-refractivity contribution in [2.24, 2.45) is 0 Å². The maximum atomic E-state index is 12.5. The number of nitrogens with zero attached hydrogens (tertiary/aromatic N) is 2. The Morgan fingerprint density at radius 3 is 2.62 bits per heavy atom. The van der Waals surface area contributed by atoms with E-state index >= 15 is 0 Å². The monoisotopic (exact) mass is 348 g/mol. The van der Waals surface area contributed by atoms with Crippen molar-refractivity contribution in [1.29, 1.82) is 0 Å². The lowest BCUT2D eigenvalue weighted by Crippen LogP contribution is -2.24. The molecule has 0 aliphatic heterocycles. The summed E-state index contributed by atoms with van der Waals surface area (Å²) in [5.74, 6) is 1.10. The van der Waals surface area contributed by atoms with Crippen molar-refractivity contribution < 1.29 is 9.53 Å². The van der Waals surface area contributed by atoms with Crippen LogP contribution in [0.1, 0.15) is 22.8 Å². The maximum Gasteiger partial charge on any atom is 0.255 e. The van der Waals surface area contributed by atoms with Crippen molar-refractivity contribution in [2.45, 2.75) is 13.5 Å². The van der Waals surface area contributed by atoms with Gasteiger partial charge in [0, 0.05) is 30.8 Å². The second-order valence-corrected chi connectivity index (χ2v) is 5.53. The topological polar surface area (TPSA) is 76.1 Å². The summed E-state index contributed by atoms with van der Waals surface area (Å²) < 4.78 is 5.43. The number of ether oxygens (including phenoxy) is 1. The Morgan fingerprint density at radius 2 is 1.88 bits per heavy atom. The van der Waals surface area contributed by atoms with Crippen LogP contribution in [-0.2, 0) is 6.54 Å². The molecule has 0 saturated carbocycles. The predicted molar refractivity (Wildman–Crippen MR) is 101 cm³/mol. The molecule has 0 unspecified atom stereocenters. The summed E-state index contributed by atoms with van der Waals surface area (Å²) in [6, 6.07) is 14.7. The van der Waals surface area contributed by atoms with Crippen LogP contribution < -0.4 is 15.4 Å². The molecule has 1 aromatic carbocycles. The van der Waals surface area contributed by atoms with E-state index in [1.807, 2.05) is 43.3 Å². The van der Waals surface area contributed by atoms with Gasteiger partial charge in [-0.05, 0) is 55.0 Å². The average Bonchev–Trinajstić information content (AvgIpc) is 2.69. The van der Waals surface area contributed by atoms with Crippen LogP contribution in [0.4, 0.5) is 11.5 Å². The number of pyridine rings is 2. The van der Waals surface area contributed by atoms with E-state index in [2.05, 4.69) is 20.6 Å². The molecule has 2 heterocycles. The highest BCUT2D eigenvalue weighted by molar-refractivity contribution is 5.99. The molecule has 0 bridgehead atoms. The Morgan fingerprint density at radius 1 is 1.08 bits per heavy atom. The van der Waals surface area contributed by atoms with Crippen LogP contribution in [0.15, 0.2) is 67.1 Å². The van der Waals surface area contributed by atoms with E-state index in [0.717, 1.165) is 17.0 Å². The first-order valence-corrected chi connectivity index (χ1v) is 8.38. The highest BCUT2D eigenvalue weighted by atomic mass is 16.5. The van der Waals surface area contributed by atoms with Gasteiger partial charge in [0.25, 0.3) is 5.91 Å². The second kappa shape index (κ2) is 8.62. The lowest BCUT2D eigenvalue weighted by molar-refractivity contribution is 0.0951. The van der Waals surface area contributed by atoms with Crippen molar-refractivity contribution in [2.75, 3.05) is 11.9 Å². The quantitative estimate of drug-likeness (QED) is 0.683. The Kier molecular flexibility index (Phi) is 5.77. The normalized spacial score (nSPS) is 10.2. The van der Waals surface area contributed by atoms with Gasteiger partial charge >= 0.3 is 0 Å². The summed E-state index contributed by atoms with van der Waals surface area (Å²) in [4.78, 5) is 20.9. The van der Waals surface area contributed by atoms with Crippen molar-refractivity contribution in [3.05, 3.63) is 78.2 Å². The van der Waals surface area contributed by atoms with Gasteiger partial charge in [0.2, 0.25) is 0 Å². The number of rotatable bonds is 7. The van der Waals surface area contributed by atoms with Gasteiger partial charge in [0.1, 0.15) is 11.6 Å². The smallest absolute Gasteiger partial charge is 0.255 e. The molecule has 0 atom stereocenters. The zero-order chi connectivity index (χ0) is 18.2. The Hall–Kier alpha value is -3.41. The minimum atomic E-state index is -0.199. The standard InChI is InChI=1S/C20H20N4O2/c1-2-26-17-9-7-16(8-10-17)24-19-18(6-4-12-22-19)20(25)23-14-15-5-3-11-21-13-15/h3-13H,2,14H2,1H3,(H,22,24)(H,23,25). The summed E-state index contributed by atoms with van der Waals surface area (Å²) in [5, 5.41) is 6.07. The molecular weight excluding hydrogens is 328 g/mol. The number of hydrogen-bond acceptors (Lipinski definition) is 5. The molecule has 6 nitrogen and oxygen atoms in total. The maximum absolute atomic E-state index is 12.5. The fraction of sp³-hybridized carbons (Fsp3) is 0.150. The SMILES string of the molecule is CCOc1ccc(Nc2ncccc2C(=O)NCc2cccnc2)cc1. The minimum Gasteiger partial charge on any atom is -0.494 e. The lowest BCUT2D eigenvalue weighted by atomic mass is 10.2. The number of carbonyl (C=O) groups is 1. The first kappa shape index (κ1) is 17.4. The zero-order valence-corrected chi connectivity index (χ0v) is 14.5. The number of amides is 1. The van der Waals surface area contributed by atoms with E-state index in [-0.39, 0.29) is 5.91 Å². The molecule has 6 heteroatoms. The molecule has 3 aromatic rings. The highest BCUT2D eigenvalue weighted by Crippen LogP contribution is 2.21. The van der Waals surface area contributed by atoms with Crippen molar-refractivity contribution in [1.82, 2.24) is 15.3 Å².